The van der Waals surface area contributed by atoms with Gasteiger partial charge in [0, 0.05) is 11.3 Å². The molecule has 0 aromatic heterocycles. The van der Waals surface area contributed by atoms with E-state index in [0.717, 1.165) is 6.42 Å². The lowest BCUT2D eigenvalue weighted by atomic mass is 9.63. The number of hydrogen-bond acceptors (Lipinski definition) is 5. The molecule has 2 aromatic carbocycles. The summed E-state index contributed by atoms with van der Waals surface area (Å²) in [6, 6.07) is 12.9. The third-order valence-corrected chi connectivity index (χ3v) is 7.61. The molecule has 2 aromatic rings. The van der Waals surface area contributed by atoms with Crippen LogP contribution in [0, 0.1) is 35.5 Å². The number of allylic oxidation sites excluding steroid dienone is 2. The van der Waals surface area contributed by atoms with Gasteiger partial charge in [-0.15, -0.1) is 0 Å². The van der Waals surface area contributed by atoms with Gasteiger partial charge in [0.25, 0.3) is 5.91 Å². The summed E-state index contributed by atoms with van der Waals surface area (Å²) in [4.78, 5) is 51.9. The second-order valence-corrected chi connectivity index (χ2v) is 9.24. The zero-order chi connectivity index (χ0) is 22.9. The van der Waals surface area contributed by atoms with Crippen molar-refractivity contribution >= 4 is 35.1 Å². The lowest BCUT2D eigenvalue weighted by Gasteiger charge is -2.37. The molecular weight excluding hydrogens is 420 g/mol. The Balaban J connectivity index is 1.18. The SMILES string of the molecule is COC(=O)c1ccc(NC(=O)c2ccc(N3C(=O)[C@H]4[C@@H]5C=C[C@H]([C@H]6C[C@H]56)[C@@H]4C3=O)cc2)cc1. The number of ether oxygens (including phenoxy) is 1. The summed E-state index contributed by atoms with van der Waals surface area (Å²) in [5, 5.41) is 2.77. The molecule has 2 bridgehead atoms. The number of rotatable bonds is 4. The van der Waals surface area contributed by atoms with Crippen LogP contribution in [-0.2, 0) is 14.3 Å². The number of carbonyl (C=O) groups excluding carboxylic acids is 4. The van der Waals surface area contributed by atoms with E-state index in [9.17, 15) is 19.2 Å². The Morgan fingerprint density at radius 1 is 0.848 bits per heavy atom. The number of anilines is 2. The summed E-state index contributed by atoms with van der Waals surface area (Å²) in [6.07, 6.45) is 5.44. The number of amides is 3. The average molecular weight is 442 g/mol. The van der Waals surface area contributed by atoms with Gasteiger partial charge in [0.05, 0.1) is 30.2 Å². The van der Waals surface area contributed by atoms with E-state index in [2.05, 4.69) is 22.2 Å². The minimum Gasteiger partial charge on any atom is -0.465 e. The highest BCUT2D eigenvalue weighted by atomic mass is 16.5. The Hall–Kier alpha value is -3.74. The summed E-state index contributed by atoms with van der Waals surface area (Å²) >= 11 is 0. The topological polar surface area (TPSA) is 92.8 Å². The smallest absolute Gasteiger partial charge is 0.337 e. The van der Waals surface area contributed by atoms with Crippen molar-refractivity contribution in [2.45, 2.75) is 6.42 Å². The first-order chi connectivity index (χ1) is 16.0. The maximum Gasteiger partial charge on any atom is 0.337 e. The molecule has 1 heterocycles. The molecule has 7 nitrogen and oxygen atoms in total. The molecule has 1 saturated heterocycles. The molecule has 6 atom stereocenters. The van der Waals surface area contributed by atoms with Crippen LogP contribution in [-0.4, -0.2) is 30.8 Å². The van der Waals surface area contributed by atoms with Gasteiger partial charge in [-0.05, 0) is 78.6 Å². The lowest BCUT2D eigenvalue weighted by Crippen LogP contribution is -2.40. The molecule has 1 N–H and O–H groups in total. The fraction of sp³-hybridized carbons (Fsp3) is 0.308. The second kappa shape index (κ2) is 7.13. The zero-order valence-electron chi connectivity index (χ0n) is 17.9. The molecule has 5 aliphatic rings. The van der Waals surface area contributed by atoms with Crippen LogP contribution in [0.1, 0.15) is 27.1 Å². The number of benzene rings is 2. The van der Waals surface area contributed by atoms with Gasteiger partial charge >= 0.3 is 5.97 Å². The third kappa shape index (κ3) is 2.95. The van der Waals surface area contributed by atoms with Gasteiger partial charge in [0.1, 0.15) is 0 Å². The molecule has 33 heavy (non-hydrogen) atoms. The van der Waals surface area contributed by atoms with Crippen LogP contribution in [0.5, 0.6) is 0 Å². The highest BCUT2D eigenvalue weighted by Gasteiger charge is 2.67. The van der Waals surface area contributed by atoms with Gasteiger partial charge < -0.3 is 10.1 Å². The highest BCUT2D eigenvalue weighted by molar-refractivity contribution is 6.22. The number of carbonyl (C=O) groups is 4. The number of nitrogens with one attached hydrogen (secondary N) is 1. The molecule has 166 valence electrons. The van der Waals surface area contributed by atoms with Gasteiger partial charge in [-0.25, -0.2) is 4.79 Å². The van der Waals surface area contributed by atoms with Crippen LogP contribution in [0.25, 0.3) is 0 Å². The first-order valence-corrected chi connectivity index (χ1v) is 11.1. The maximum absolute atomic E-state index is 13.2. The van der Waals surface area contributed by atoms with E-state index in [1.165, 1.54) is 12.0 Å². The molecule has 1 aliphatic heterocycles. The van der Waals surface area contributed by atoms with Gasteiger partial charge in [-0.3, -0.25) is 19.3 Å². The average Bonchev–Trinajstić information content (AvgIpc) is 3.62. The van der Waals surface area contributed by atoms with Gasteiger partial charge in [-0.2, -0.15) is 0 Å². The van der Waals surface area contributed by atoms with E-state index in [4.69, 9.17) is 0 Å². The largest absolute Gasteiger partial charge is 0.465 e. The Labute approximate surface area is 190 Å². The molecule has 0 unspecified atom stereocenters. The maximum atomic E-state index is 13.2. The van der Waals surface area contributed by atoms with E-state index in [0.29, 0.717) is 34.3 Å². The predicted octanol–water partition coefficient (Wildman–Crippen LogP) is 3.28. The number of hydrogen-bond donors (Lipinski definition) is 1. The molecule has 4 aliphatic carbocycles. The molecule has 2 saturated carbocycles. The Morgan fingerprint density at radius 3 is 1.94 bits per heavy atom. The fourth-order valence-corrected chi connectivity index (χ4v) is 5.98. The number of imide groups is 1. The Kier molecular flexibility index (Phi) is 4.30. The summed E-state index contributed by atoms with van der Waals surface area (Å²) < 4.78 is 4.67. The quantitative estimate of drug-likeness (QED) is 0.446. The van der Waals surface area contributed by atoms with Crippen molar-refractivity contribution in [3.63, 3.8) is 0 Å². The van der Waals surface area contributed by atoms with Crippen LogP contribution in [0.2, 0.25) is 0 Å². The lowest BCUT2D eigenvalue weighted by molar-refractivity contribution is -0.124. The first-order valence-electron chi connectivity index (χ1n) is 11.1. The molecule has 0 radical (unpaired) electrons. The highest BCUT2D eigenvalue weighted by Crippen LogP contribution is 2.65. The third-order valence-electron chi connectivity index (χ3n) is 7.61. The summed E-state index contributed by atoms with van der Waals surface area (Å²) in [5.41, 5.74) is 1.83. The fourth-order valence-electron chi connectivity index (χ4n) is 5.98. The van der Waals surface area contributed by atoms with Crippen LogP contribution < -0.4 is 10.2 Å². The molecular formula is C26H22N2O5. The van der Waals surface area contributed by atoms with Crippen molar-refractivity contribution in [1.29, 1.82) is 0 Å². The van der Waals surface area contributed by atoms with E-state index in [1.807, 2.05) is 0 Å². The second-order valence-electron chi connectivity index (χ2n) is 9.24. The molecule has 7 heteroatoms. The van der Waals surface area contributed by atoms with Crippen molar-refractivity contribution in [2.75, 3.05) is 17.3 Å². The Bertz CT molecular complexity index is 1180. The van der Waals surface area contributed by atoms with Crippen molar-refractivity contribution in [3.05, 3.63) is 71.8 Å². The molecule has 7 rings (SSSR count). The normalized spacial score (nSPS) is 30.6. The van der Waals surface area contributed by atoms with E-state index in [1.54, 1.807) is 48.5 Å². The minimum absolute atomic E-state index is 0.113. The van der Waals surface area contributed by atoms with Crippen LogP contribution >= 0.6 is 0 Å². The van der Waals surface area contributed by atoms with Crippen LogP contribution in [0.4, 0.5) is 11.4 Å². The number of nitrogens with zero attached hydrogens (tertiary/aromatic N) is 1. The first kappa shape index (κ1) is 19.9. The van der Waals surface area contributed by atoms with E-state index < -0.39 is 5.97 Å². The van der Waals surface area contributed by atoms with Crippen molar-refractivity contribution in [1.82, 2.24) is 0 Å². The predicted molar refractivity (Wildman–Crippen MR) is 119 cm³/mol. The zero-order valence-corrected chi connectivity index (χ0v) is 17.9. The Morgan fingerprint density at radius 2 is 1.39 bits per heavy atom. The standard InChI is InChI=1S/C26H22N2O5/c1-33-26(32)14-2-6-15(7-3-14)27-23(29)13-4-8-16(9-5-13)28-24(30)21-17-10-11-18(20-12-19(17)20)22(21)25(28)31/h2-11,17-22H,12H2,1H3,(H,27,29)/t17-,18-,19-,20-,21+,22+/m1/s1. The van der Waals surface area contributed by atoms with Crippen LogP contribution in [0.3, 0.4) is 0 Å². The van der Waals surface area contributed by atoms with Crippen molar-refractivity contribution < 1.29 is 23.9 Å². The number of methoxy groups -OCH3 is 1. The minimum atomic E-state index is -0.449. The monoisotopic (exact) mass is 442 g/mol. The number of esters is 1. The molecule has 3 amide bonds. The van der Waals surface area contributed by atoms with Gasteiger partial charge in [0.2, 0.25) is 11.8 Å². The van der Waals surface area contributed by atoms with Crippen molar-refractivity contribution in [2.24, 2.45) is 35.5 Å². The van der Waals surface area contributed by atoms with Gasteiger partial charge in [-0.1, -0.05) is 12.2 Å². The van der Waals surface area contributed by atoms with Crippen molar-refractivity contribution in [3.8, 4) is 0 Å². The summed E-state index contributed by atoms with van der Waals surface area (Å²) in [7, 11) is 1.31. The van der Waals surface area contributed by atoms with E-state index in [-0.39, 0.29) is 41.4 Å². The molecule has 3 fully saturated rings. The van der Waals surface area contributed by atoms with E-state index >= 15 is 0 Å². The van der Waals surface area contributed by atoms with Gasteiger partial charge in [0.15, 0.2) is 0 Å². The summed E-state index contributed by atoms with van der Waals surface area (Å²) in [5.74, 6) is -0.00676. The van der Waals surface area contributed by atoms with Crippen LogP contribution in [0.15, 0.2) is 60.7 Å². The summed E-state index contributed by atoms with van der Waals surface area (Å²) in [6.45, 7) is 0. The molecule has 0 spiro atoms.